The first-order chi connectivity index (χ1) is 9.90. The minimum atomic E-state index is -4.52. The van der Waals surface area contributed by atoms with Gasteiger partial charge in [0.15, 0.2) is 0 Å². The highest BCUT2D eigenvalue weighted by molar-refractivity contribution is 5.85. The highest BCUT2D eigenvalue weighted by Gasteiger charge is 2.31. The van der Waals surface area contributed by atoms with E-state index < -0.39 is 17.6 Å². The number of hydrogen-bond donors (Lipinski definition) is 1. The number of halogens is 6. The SMILES string of the molecule is Cl.Cl.NCCC1CN(Cc2ccc(C(F)(F)F)cc2F)CCO1. The summed E-state index contributed by atoms with van der Waals surface area (Å²) in [6.45, 7) is 2.54. The summed E-state index contributed by atoms with van der Waals surface area (Å²) in [5, 5.41) is 0. The molecule has 0 aromatic heterocycles. The number of benzene rings is 1. The lowest BCUT2D eigenvalue weighted by atomic mass is 10.1. The molecule has 9 heteroatoms. The number of nitrogens with zero attached hydrogens (tertiary/aromatic N) is 1. The molecule has 1 fully saturated rings. The molecule has 1 aromatic carbocycles. The zero-order valence-electron chi connectivity index (χ0n) is 12.3. The van der Waals surface area contributed by atoms with Crippen molar-refractivity contribution in [3.05, 3.63) is 35.1 Å². The highest BCUT2D eigenvalue weighted by Crippen LogP contribution is 2.30. The molecule has 3 nitrogen and oxygen atoms in total. The third kappa shape index (κ3) is 6.43. The van der Waals surface area contributed by atoms with Crippen LogP contribution >= 0.6 is 24.8 Å². The number of alkyl halides is 3. The van der Waals surface area contributed by atoms with Crippen molar-refractivity contribution < 1.29 is 22.3 Å². The highest BCUT2D eigenvalue weighted by atomic mass is 35.5. The van der Waals surface area contributed by atoms with Crippen molar-refractivity contribution in [2.24, 2.45) is 5.73 Å². The Hall–Kier alpha value is -0.600. The number of ether oxygens (including phenoxy) is 1. The van der Waals surface area contributed by atoms with Crippen LogP contribution in [0.5, 0.6) is 0 Å². The van der Waals surface area contributed by atoms with Gasteiger partial charge >= 0.3 is 6.18 Å². The van der Waals surface area contributed by atoms with E-state index in [4.69, 9.17) is 10.5 Å². The normalized spacial score (nSPS) is 18.9. The van der Waals surface area contributed by atoms with E-state index in [9.17, 15) is 17.6 Å². The predicted octanol–water partition coefficient (Wildman–Crippen LogP) is 3.24. The van der Waals surface area contributed by atoms with Crippen LogP contribution in [0.15, 0.2) is 18.2 Å². The molecule has 23 heavy (non-hydrogen) atoms. The summed E-state index contributed by atoms with van der Waals surface area (Å²) in [5.41, 5.74) is 4.77. The third-order valence-corrected chi connectivity index (χ3v) is 3.49. The standard InChI is InChI=1S/C14H18F4N2O.2ClH/c15-13-7-11(14(16,17)18)2-1-10(13)8-20-5-6-21-12(9-20)3-4-19;;/h1-2,7,12H,3-6,8-9,19H2;2*1H. The quantitative estimate of drug-likeness (QED) is 0.817. The minimum absolute atomic E-state index is 0. The van der Waals surface area contributed by atoms with Crippen LogP contribution in [0.3, 0.4) is 0 Å². The molecule has 1 aliphatic heterocycles. The van der Waals surface area contributed by atoms with Gasteiger partial charge in [-0.15, -0.1) is 24.8 Å². The Kier molecular flexibility index (Phi) is 9.39. The second-order valence-electron chi connectivity index (χ2n) is 5.11. The molecule has 2 N–H and O–H groups in total. The van der Waals surface area contributed by atoms with E-state index in [1.54, 1.807) is 0 Å². The first-order valence-electron chi connectivity index (χ1n) is 6.80. The Balaban J connectivity index is 0.00000242. The molecule has 1 aromatic rings. The summed E-state index contributed by atoms with van der Waals surface area (Å²) in [6.07, 6.45) is -3.81. The Morgan fingerprint density at radius 3 is 2.52 bits per heavy atom. The smallest absolute Gasteiger partial charge is 0.376 e. The van der Waals surface area contributed by atoms with E-state index in [0.717, 1.165) is 6.07 Å². The molecule has 1 atom stereocenters. The maximum absolute atomic E-state index is 13.8. The molecule has 0 radical (unpaired) electrons. The van der Waals surface area contributed by atoms with Crippen molar-refractivity contribution in [2.75, 3.05) is 26.2 Å². The molecule has 2 rings (SSSR count). The van der Waals surface area contributed by atoms with Gasteiger partial charge in [0, 0.05) is 25.2 Å². The molecule has 1 heterocycles. The van der Waals surface area contributed by atoms with Gasteiger partial charge in [-0.05, 0) is 25.1 Å². The summed E-state index contributed by atoms with van der Waals surface area (Å²) in [5.74, 6) is -0.827. The van der Waals surface area contributed by atoms with E-state index in [0.29, 0.717) is 38.7 Å². The fraction of sp³-hybridized carbons (Fsp3) is 0.571. The summed E-state index contributed by atoms with van der Waals surface area (Å²) in [4.78, 5) is 1.97. The predicted molar refractivity (Wildman–Crippen MR) is 84.6 cm³/mol. The van der Waals surface area contributed by atoms with Crippen molar-refractivity contribution in [3.8, 4) is 0 Å². The molecule has 1 unspecified atom stereocenters. The number of nitrogens with two attached hydrogens (primary N) is 1. The Morgan fingerprint density at radius 2 is 1.96 bits per heavy atom. The fourth-order valence-corrected chi connectivity index (χ4v) is 2.38. The summed E-state index contributed by atoms with van der Waals surface area (Å²) >= 11 is 0. The number of hydrogen-bond acceptors (Lipinski definition) is 3. The Bertz CT molecular complexity index is 486. The van der Waals surface area contributed by atoms with Crippen LogP contribution in [0.2, 0.25) is 0 Å². The maximum atomic E-state index is 13.8. The lowest BCUT2D eigenvalue weighted by Gasteiger charge is -2.32. The zero-order chi connectivity index (χ0) is 15.5. The summed E-state index contributed by atoms with van der Waals surface area (Å²) < 4.78 is 56.8. The van der Waals surface area contributed by atoms with Gasteiger partial charge in [0.05, 0.1) is 18.3 Å². The van der Waals surface area contributed by atoms with Gasteiger partial charge < -0.3 is 10.5 Å². The molecular weight excluding hydrogens is 359 g/mol. The maximum Gasteiger partial charge on any atom is 0.416 e. The molecule has 1 saturated heterocycles. The molecule has 0 aliphatic carbocycles. The van der Waals surface area contributed by atoms with E-state index >= 15 is 0 Å². The van der Waals surface area contributed by atoms with Gasteiger partial charge in [0.1, 0.15) is 5.82 Å². The van der Waals surface area contributed by atoms with Crippen LogP contribution in [-0.4, -0.2) is 37.2 Å². The van der Waals surface area contributed by atoms with E-state index in [1.165, 1.54) is 6.07 Å². The summed E-state index contributed by atoms with van der Waals surface area (Å²) in [7, 11) is 0. The van der Waals surface area contributed by atoms with Crippen LogP contribution in [0.25, 0.3) is 0 Å². The lowest BCUT2D eigenvalue weighted by molar-refractivity contribution is -0.137. The van der Waals surface area contributed by atoms with Crippen LogP contribution in [0, 0.1) is 5.82 Å². The molecule has 134 valence electrons. The number of morpholine rings is 1. The molecule has 0 amide bonds. The van der Waals surface area contributed by atoms with Crippen molar-refractivity contribution >= 4 is 24.8 Å². The van der Waals surface area contributed by atoms with E-state index in [1.807, 2.05) is 4.90 Å². The minimum Gasteiger partial charge on any atom is -0.376 e. The average molecular weight is 379 g/mol. The van der Waals surface area contributed by atoms with Crippen molar-refractivity contribution in [1.82, 2.24) is 4.90 Å². The van der Waals surface area contributed by atoms with Gasteiger partial charge in [-0.3, -0.25) is 4.90 Å². The third-order valence-electron chi connectivity index (χ3n) is 3.49. The summed E-state index contributed by atoms with van der Waals surface area (Å²) in [6, 6.07) is 2.66. The Labute approximate surface area is 145 Å². The largest absolute Gasteiger partial charge is 0.416 e. The van der Waals surface area contributed by atoms with Gasteiger partial charge in [0.2, 0.25) is 0 Å². The first-order valence-corrected chi connectivity index (χ1v) is 6.80. The average Bonchev–Trinajstić information content (AvgIpc) is 2.41. The van der Waals surface area contributed by atoms with Crippen molar-refractivity contribution in [1.29, 1.82) is 0 Å². The second kappa shape index (κ2) is 9.64. The van der Waals surface area contributed by atoms with Crippen LogP contribution in [0.1, 0.15) is 17.5 Å². The van der Waals surface area contributed by atoms with Crippen molar-refractivity contribution in [3.63, 3.8) is 0 Å². The van der Waals surface area contributed by atoms with E-state index in [2.05, 4.69) is 0 Å². The van der Waals surface area contributed by atoms with Crippen LogP contribution in [-0.2, 0) is 17.5 Å². The first kappa shape index (κ1) is 22.4. The second-order valence-corrected chi connectivity index (χ2v) is 5.11. The van der Waals surface area contributed by atoms with Gasteiger partial charge in [-0.2, -0.15) is 13.2 Å². The zero-order valence-corrected chi connectivity index (χ0v) is 13.9. The monoisotopic (exact) mass is 378 g/mol. The topological polar surface area (TPSA) is 38.5 Å². The molecule has 1 aliphatic rings. The fourth-order valence-electron chi connectivity index (χ4n) is 2.38. The molecule has 0 spiro atoms. The van der Waals surface area contributed by atoms with E-state index in [-0.39, 0.29) is 43.0 Å². The van der Waals surface area contributed by atoms with Gasteiger partial charge in [-0.1, -0.05) is 6.07 Å². The molecule has 0 bridgehead atoms. The van der Waals surface area contributed by atoms with Gasteiger partial charge in [0.25, 0.3) is 0 Å². The number of rotatable bonds is 4. The van der Waals surface area contributed by atoms with Crippen LogP contribution in [0.4, 0.5) is 17.6 Å². The van der Waals surface area contributed by atoms with Crippen LogP contribution < -0.4 is 5.73 Å². The van der Waals surface area contributed by atoms with Gasteiger partial charge in [-0.25, -0.2) is 4.39 Å². The lowest BCUT2D eigenvalue weighted by Crippen LogP contribution is -2.42. The van der Waals surface area contributed by atoms with Crippen molar-refractivity contribution in [2.45, 2.75) is 25.2 Å². The molecular formula is C14H20Cl2F4N2O. The Morgan fingerprint density at radius 1 is 1.26 bits per heavy atom. The molecule has 0 saturated carbocycles.